The number of methoxy groups -OCH3 is 1. The SMILES string of the molecule is COc1ccc(CCNCC(=O)OC(C)(C)C)cc1. The minimum Gasteiger partial charge on any atom is -0.497 e. The molecule has 0 saturated carbocycles. The second-order valence-electron chi connectivity index (χ2n) is 5.36. The molecule has 1 rings (SSSR count). The van der Waals surface area contributed by atoms with E-state index in [1.807, 2.05) is 45.0 Å². The van der Waals surface area contributed by atoms with Crippen molar-refractivity contribution in [1.82, 2.24) is 5.32 Å². The van der Waals surface area contributed by atoms with Gasteiger partial charge in [-0.05, 0) is 51.4 Å². The van der Waals surface area contributed by atoms with E-state index in [1.54, 1.807) is 7.11 Å². The lowest BCUT2D eigenvalue weighted by Gasteiger charge is -2.19. The zero-order chi connectivity index (χ0) is 14.3. The van der Waals surface area contributed by atoms with Crippen molar-refractivity contribution in [1.29, 1.82) is 0 Å². The molecule has 0 unspecified atom stereocenters. The molecule has 0 aliphatic carbocycles. The minimum absolute atomic E-state index is 0.220. The minimum atomic E-state index is -0.422. The Morgan fingerprint density at radius 1 is 1.21 bits per heavy atom. The van der Waals surface area contributed by atoms with Gasteiger partial charge in [-0.1, -0.05) is 12.1 Å². The molecule has 4 nitrogen and oxygen atoms in total. The van der Waals surface area contributed by atoms with Crippen molar-refractivity contribution in [2.45, 2.75) is 32.8 Å². The molecule has 106 valence electrons. The molecule has 1 aromatic rings. The first-order chi connectivity index (χ1) is 8.90. The van der Waals surface area contributed by atoms with Crippen LogP contribution in [0.2, 0.25) is 0 Å². The Balaban J connectivity index is 2.21. The van der Waals surface area contributed by atoms with Crippen molar-refractivity contribution in [3.05, 3.63) is 29.8 Å². The van der Waals surface area contributed by atoms with Crippen LogP contribution in [0.3, 0.4) is 0 Å². The lowest BCUT2D eigenvalue weighted by molar-refractivity contribution is -0.153. The standard InChI is InChI=1S/C15H23NO3/c1-15(2,3)19-14(17)11-16-10-9-12-5-7-13(18-4)8-6-12/h5-8,16H,9-11H2,1-4H3. The fourth-order valence-corrected chi connectivity index (χ4v) is 1.59. The number of carbonyl (C=O) groups is 1. The Morgan fingerprint density at radius 2 is 1.84 bits per heavy atom. The van der Waals surface area contributed by atoms with Gasteiger partial charge >= 0.3 is 5.97 Å². The molecule has 0 amide bonds. The van der Waals surface area contributed by atoms with Crippen molar-refractivity contribution in [2.24, 2.45) is 0 Å². The van der Waals surface area contributed by atoms with Crippen molar-refractivity contribution in [3.8, 4) is 5.75 Å². The van der Waals surface area contributed by atoms with Gasteiger partial charge in [0.05, 0.1) is 13.7 Å². The number of benzene rings is 1. The van der Waals surface area contributed by atoms with Gasteiger partial charge in [-0.3, -0.25) is 4.79 Å². The topological polar surface area (TPSA) is 47.6 Å². The lowest BCUT2D eigenvalue weighted by Crippen LogP contribution is -2.32. The van der Waals surface area contributed by atoms with Crippen LogP contribution in [0, 0.1) is 0 Å². The van der Waals surface area contributed by atoms with E-state index >= 15 is 0 Å². The van der Waals surface area contributed by atoms with Crippen LogP contribution in [0.5, 0.6) is 5.75 Å². The fourth-order valence-electron chi connectivity index (χ4n) is 1.59. The average Bonchev–Trinajstić information content (AvgIpc) is 2.33. The Hall–Kier alpha value is -1.55. The first kappa shape index (κ1) is 15.5. The third-order valence-corrected chi connectivity index (χ3v) is 2.44. The van der Waals surface area contributed by atoms with Gasteiger partial charge in [0, 0.05) is 0 Å². The smallest absolute Gasteiger partial charge is 0.320 e. The quantitative estimate of drug-likeness (QED) is 0.632. The van der Waals surface area contributed by atoms with Gasteiger partial charge < -0.3 is 14.8 Å². The second-order valence-corrected chi connectivity index (χ2v) is 5.36. The highest BCUT2D eigenvalue weighted by Gasteiger charge is 2.15. The first-order valence-corrected chi connectivity index (χ1v) is 6.46. The molecule has 0 fully saturated rings. The highest BCUT2D eigenvalue weighted by atomic mass is 16.6. The van der Waals surface area contributed by atoms with Gasteiger partial charge in [0.2, 0.25) is 0 Å². The summed E-state index contributed by atoms with van der Waals surface area (Å²) in [6.45, 7) is 6.58. The van der Waals surface area contributed by atoms with Crippen molar-refractivity contribution >= 4 is 5.97 Å². The maximum absolute atomic E-state index is 11.5. The van der Waals surface area contributed by atoms with Crippen LogP contribution in [-0.2, 0) is 16.0 Å². The van der Waals surface area contributed by atoms with Gasteiger partial charge in [0.1, 0.15) is 11.4 Å². The molecule has 19 heavy (non-hydrogen) atoms. The number of hydrogen-bond donors (Lipinski definition) is 1. The van der Waals surface area contributed by atoms with Gasteiger partial charge in [0.25, 0.3) is 0 Å². The van der Waals surface area contributed by atoms with Crippen LogP contribution >= 0.6 is 0 Å². The maximum Gasteiger partial charge on any atom is 0.320 e. The van der Waals surface area contributed by atoms with Gasteiger partial charge in [-0.25, -0.2) is 0 Å². The predicted molar refractivity (Wildman–Crippen MR) is 75.4 cm³/mol. The summed E-state index contributed by atoms with van der Waals surface area (Å²) in [6.07, 6.45) is 0.868. The summed E-state index contributed by atoms with van der Waals surface area (Å²) in [5, 5.41) is 3.08. The molecule has 4 heteroatoms. The normalized spacial score (nSPS) is 11.2. The number of nitrogens with one attached hydrogen (secondary N) is 1. The van der Waals surface area contributed by atoms with E-state index < -0.39 is 5.60 Å². The molecule has 0 saturated heterocycles. The highest BCUT2D eigenvalue weighted by Crippen LogP contribution is 2.11. The fraction of sp³-hybridized carbons (Fsp3) is 0.533. The van der Waals surface area contributed by atoms with Gasteiger partial charge in [-0.2, -0.15) is 0 Å². The Bertz CT molecular complexity index is 393. The number of carbonyl (C=O) groups excluding carboxylic acids is 1. The Morgan fingerprint density at radius 3 is 2.37 bits per heavy atom. The number of esters is 1. The van der Waals surface area contributed by atoms with Gasteiger partial charge in [0.15, 0.2) is 0 Å². The van der Waals surface area contributed by atoms with Crippen molar-refractivity contribution in [2.75, 3.05) is 20.2 Å². The summed E-state index contributed by atoms with van der Waals surface area (Å²) < 4.78 is 10.3. The third kappa shape index (κ3) is 6.82. The molecule has 1 aromatic carbocycles. The largest absolute Gasteiger partial charge is 0.497 e. The van der Waals surface area contributed by atoms with Crippen molar-refractivity contribution < 1.29 is 14.3 Å². The van der Waals surface area contributed by atoms with E-state index in [0.717, 1.165) is 18.7 Å². The molecule has 0 atom stereocenters. The molecular formula is C15H23NO3. The molecule has 0 heterocycles. The zero-order valence-corrected chi connectivity index (χ0v) is 12.2. The predicted octanol–water partition coefficient (Wildman–Crippen LogP) is 2.17. The van der Waals surface area contributed by atoms with Crippen LogP contribution in [0.25, 0.3) is 0 Å². The van der Waals surface area contributed by atoms with Crippen LogP contribution in [0.15, 0.2) is 24.3 Å². The first-order valence-electron chi connectivity index (χ1n) is 6.46. The van der Waals surface area contributed by atoms with Gasteiger partial charge in [-0.15, -0.1) is 0 Å². The summed E-state index contributed by atoms with van der Waals surface area (Å²) in [6, 6.07) is 7.91. The Kier molecular flexibility index (Phi) is 5.83. The summed E-state index contributed by atoms with van der Waals surface area (Å²) in [7, 11) is 1.65. The number of ether oxygens (including phenoxy) is 2. The molecule has 0 spiro atoms. The van der Waals surface area contributed by atoms with Crippen LogP contribution in [0.4, 0.5) is 0 Å². The number of hydrogen-bond acceptors (Lipinski definition) is 4. The zero-order valence-electron chi connectivity index (χ0n) is 12.2. The van der Waals surface area contributed by atoms with E-state index in [1.165, 1.54) is 5.56 Å². The van der Waals surface area contributed by atoms with Crippen LogP contribution in [-0.4, -0.2) is 31.8 Å². The molecule has 0 bridgehead atoms. The molecule has 0 radical (unpaired) electrons. The van der Waals surface area contributed by atoms with E-state index in [0.29, 0.717) is 0 Å². The van der Waals surface area contributed by atoms with E-state index in [2.05, 4.69) is 5.32 Å². The average molecular weight is 265 g/mol. The number of rotatable bonds is 6. The highest BCUT2D eigenvalue weighted by molar-refractivity contribution is 5.72. The van der Waals surface area contributed by atoms with Crippen molar-refractivity contribution in [3.63, 3.8) is 0 Å². The summed E-state index contributed by atoms with van der Waals surface area (Å²) in [5.74, 6) is 0.632. The summed E-state index contributed by atoms with van der Waals surface area (Å²) in [4.78, 5) is 11.5. The van der Waals surface area contributed by atoms with Crippen LogP contribution in [0.1, 0.15) is 26.3 Å². The third-order valence-electron chi connectivity index (χ3n) is 2.44. The molecule has 0 aliphatic rings. The Labute approximate surface area is 115 Å². The summed E-state index contributed by atoms with van der Waals surface area (Å²) >= 11 is 0. The van der Waals surface area contributed by atoms with E-state index in [4.69, 9.17) is 9.47 Å². The molecule has 0 aliphatic heterocycles. The van der Waals surface area contributed by atoms with E-state index in [9.17, 15) is 4.79 Å². The van der Waals surface area contributed by atoms with Crippen LogP contribution < -0.4 is 10.1 Å². The maximum atomic E-state index is 11.5. The molecule has 1 N–H and O–H groups in total. The molecule has 0 aromatic heterocycles. The van der Waals surface area contributed by atoms with E-state index in [-0.39, 0.29) is 12.5 Å². The summed E-state index contributed by atoms with van der Waals surface area (Å²) in [5.41, 5.74) is 0.784. The molecular weight excluding hydrogens is 242 g/mol. The lowest BCUT2D eigenvalue weighted by atomic mass is 10.1. The second kappa shape index (κ2) is 7.14. The monoisotopic (exact) mass is 265 g/mol.